The Labute approximate surface area is 82.6 Å². The molecule has 2 heteroatoms. The second-order valence-electron chi connectivity index (χ2n) is 3.88. The van der Waals surface area contributed by atoms with Crippen molar-refractivity contribution < 1.29 is 9.47 Å². The van der Waals surface area contributed by atoms with Crippen LogP contribution in [-0.4, -0.2) is 25.9 Å². The molecule has 0 aliphatic rings. The first-order valence-electron chi connectivity index (χ1n) is 5.36. The molecule has 0 rings (SSSR count). The van der Waals surface area contributed by atoms with E-state index in [0.29, 0.717) is 6.10 Å². The maximum atomic E-state index is 5.47. The van der Waals surface area contributed by atoms with Gasteiger partial charge in [0.15, 0.2) is 0 Å². The van der Waals surface area contributed by atoms with Crippen molar-refractivity contribution in [1.82, 2.24) is 0 Å². The molecular formula is C11H24O2. The van der Waals surface area contributed by atoms with E-state index >= 15 is 0 Å². The quantitative estimate of drug-likeness (QED) is 0.545. The van der Waals surface area contributed by atoms with E-state index in [-0.39, 0.29) is 0 Å². The molecule has 0 aromatic heterocycles. The average Bonchev–Trinajstić information content (AvgIpc) is 2.10. The van der Waals surface area contributed by atoms with Crippen molar-refractivity contribution in [3.8, 4) is 0 Å². The average molecular weight is 188 g/mol. The summed E-state index contributed by atoms with van der Waals surface area (Å²) in [6.45, 7) is 11.0. The summed E-state index contributed by atoms with van der Waals surface area (Å²) in [5.41, 5.74) is 0. The van der Waals surface area contributed by atoms with Gasteiger partial charge in [0.2, 0.25) is 0 Å². The zero-order valence-electron chi connectivity index (χ0n) is 9.51. The first-order valence-corrected chi connectivity index (χ1v) is 5.36. The molecule has 0 saturated carbocycles. The lowest BCUT2D eigenvalue weighted by Crippen LogP contribution is -2.12. The molecule has 0 radical (unpaired) electrons. The summed E-state index contributed by atoms with van der Waals surface area (Å²) in [5.74, 6) is 0.732. The van der Waals surface area contributed by atoms with Crippen molar-refractivity contribution >= 4 is 0 Å². The molecule has 2 nitrogen and oxygen atoms in total. The van der Waals surface area contributed by atoms with E-state index in [1.54, 1.807) is 0 Å². The molecule has 0 saturated heterocycles. The topological polar surface area (TPSA) is 18.5 Å². The fraction of sp³-hybridized carbons (Fsp3) is 1.00. The smallest absolute Gasteiger partial charge is 0.0704 e. The normalized spacial score (nSPS) is 13.6. The minimum Gasteiger partial charge on any atom is -0.379 e. The highest BCUT2D eigenvalue weighted by Crippen LogP contribution is 1.99. The van der Waals surface area contributed by atoms with Gasteiger partial charge in [-0.2, -0.15) is 0 Å². The highest BCUT2D eigenvalue weighted by Gasteiger charge is 1.97. The van der Waals surface area contributed by atoms with Gasteiger partial charge in [-0.3, -0.25) is 0 Å². The van der Waals surface area contributed by atoms with Crippen molar-refractivity contribution in [1.29, 1.82) is 0 Å². The Kier molecular flexibility index (Phi) is 8.46. The molecule has 0 fully saturated rings. The van der Waals surface area contributed by atoms with Crippen molar-refractivity contribution in [2.45, 2.75) is 46.6 Å². The summed E-state index contributed by atoms with van der Waals surface area (Å²) >= 11 is 0. The Hall–Kier alpha value is -0.0800. The van der Waals surface area contributed by atoms with E-state index in [2.05, 4.69) is 27.7 Å². The van der Waals surface area contributed by atoms with Crippen LogP contribution in [0.15, 0.2) is 0 Å². The van der Waals surface area contributed by atoms with E-state index in [9.17, 15) is 0 Å². The maximum absolute atomic E-state index is 5.47. The van der Waals surface area contributed by atoms with Crippen molar-refractivity contribution in [2.75, 3.05) is 19.8 Å². The Bertz CT molecular complexity index is 102. The lowest BCUT2D eigenvalue weighted by Gasteiger charge is -2.11. The molecule has 80 valence electrons. The molecule has 0 aromatic carbocycles. The number of hydrogen-bond acceptors (Lipinski definition) is 2. The molecule has 1 atom stereocenters. The van der Waals surface area contributed by atoms with Crippen LogP contribution in [0.2, 0.25) is 0 Å². The van der Waals surface area contributed by atoms with E-state index in [4.69, 9.17) is 9.47 Å². The summed E-state index contributed by atoms with van der Waals surface area (Å²) in [4.78, 5) is 0. The highest BCUT2D eigenvalue weighted by atomic mass is 16.5. The van der Waals surface area contributed by atoms with Gasteiger partial charge in [0.25, 0.3) is 0 Å². The second-order valence-corrected chi connectivity index (χ2v) is 3.88. The van der Waals surface area contributed by atoms with Gasteiger partial charge in [-0.25, -0.2) is 0 Å². The van der Waals surface area contributed by atoms with Gasteiger partial charge in [0.05, 0.1) is 19.3 Å². The molecule has 0 aromatic rings. The lowest BCUT2D eigenvalue weighted by atomic mass is 10.1. The van der Waals surface area contributed by atoms with Crippen molar-refractivity contribution in [2.24, 2.45) is 5.92 Å². The van der Waals surface area contributed by atoms with E-state index in [1.807, 2.05) is 0 Å². The van der Waals surface area contributed by atoms with Gasteiger partial charge in [0.1, 0.15) is 0 Å². The van der Waals surface area contributed by atoms with Crippen molar-refractivity contribution in [3.63, 3.8) is 0 Å². The SMILES string of the molecule is CCC(C)OCCOCCC(C)C. The molecular weight excluding hydrogens is 164 g/mol. The molecule has 0 spiro atoms. The zero-order valence-corrected chi connectivity index (χ0v) is 9.51. The van der Waals surface area contributed by atoms with Crippen LogP contribution >= 0.6 is 0 Å². The van der Waals surface area contributed by atoms with E-state index in [1.165, 1.54) is 0 Å². The molecule has 0 aliphatic heterocycles. The van der Waals surface area contributed by atoms with E-state index < -0.39 is 0 Å². The molecule has 0 aliphatic carbocycles. The van der Waals surface area contributed by atoms with Crippen LogP contribution < -0.4 is 0 Å². The third-order valence-electron chi connectivity index (χ3n) is 2.04. The van der Waals surface area contributed by atoms with Gasteiger partial charge >= 0.3 is 0 Å². The first-order chi connectivity index (χ1) is 6.16. The largest absolute Gasteiger partial charge is 0.379 e. The number of rotatable bonds is 8. The number of hydrogen-bond donors (Lipinski definition) is 0. The van der Waals surface area contributed by atoms with Crippen LogP contribution in [0, 0.1) is 5.92 Å². The fourth-order valence-corrected chi connectivity index (χ4v) is 0.847. The van der Waals surface area contributed by atoms with Gasteiger partial charge in [-0.1, -0.05) is 20.8 Å². The van der Waals surface area contributed by atoms with Crippen LogP contribution in [0.1, 0.15) is 40.5 Å². The summed E-state index contributed by atoms with van der Waals surface area (Å²) < 4.78 is 10.9. The first kappa shape index (κ1) is 12.9. The van der Waals surface area contributed by atoms with Gasteiger partial charge in [-0.05, 0) is 25.7 Å². The predicted octanol–water partition coefficient (Wildman–Crippen LogP) is 2.86. The third kappa shape index (κ3) is 9.84. The lowest BCUT2D eigenvalue weighted by molar-refractivity contribution is 0.00901. The Balaban J connectivity index is 2.99. The van der Waals surface area contributed by atoms with Gasteiger partial charge in [-0.15, -0.1) is 0 Å². The van der Waals surface area contributed by atoms with E-state index in [0.717, 1.165) is 38.6 Å². The minimum absolute atomic E-state index is 0.369. The Morgan fingerprint density at radius 1 is 1.00 bits per heavy atom. The van der Waals surface area contributed by atoms with Crippen LogP contribution in [-0.2, 0) is 9.47 Å². The second kappa shape index (κ2) is 8.52. The molecule has 0 heterocycles. The summed E-state index contributed by atoms with van der Waals surface area (Å²) in [6.07, 6.45) is 2.59. The fourth-order valence-electron chi connectivity index (χ4n) is 0.847. The molecule has 0 amide bonds. The van der Waals surface area contributed by atoms with Crippen LogP contribution in [0.3, 0.4) is 0 Å². The standard InChI is InChI=1S/C11H24O2/c1-5-11(4)13-9-8-12-7-6-10(2)3/h10-11H,5-9H2,1-4H3. The number of ether oxygens (including phenoxy) is 2. The van der Waals surface area contributed by atoms with Crippen LogP contribution in [0.25, 0.3) is 0 Å². The maximum Gasteiger partial charge on any atom is 0.0704 e. The zero-order chi connectivity index (χ0) is 10.1. The van der Waals surface area contributed by atoms with Crippen LogP contribution in [0.5, 0.6) is 0 Å². The highest BCUT2D eigenvalue weighted by molar-refractivity contribution is 4.45. The van der Waals surface area contributed by atoms with Crippen LogP contribution in [0.4, 0.5) is 0 Å². The molecule has 0 bridgehead atoms. The Morgan fingerprint density at radius 2 is 1.69 bits per heavy atom. The summed E-state index contributed by atoms with van der Waals surface area (Å²) in [7, 11) is 0. The summed E-state index contributed by atoms with van der Waals surface area (Å²) in [6, 6.07) is 0. The molecule has 0 N–H and O–H groups in total. The predicted molar refractivity (Wildman–Crippen MR) is 56.0 cm³/mol. The minimum atomic E-state index is 0.369. The summed E-state index contributed by atoms with van der Waals surface area (Å²) in [5, 5.41) is 0. The molecule has 1 unspecified atom stereocenters. The monoisotopic (exact) mass is 188 g/mol. The third-order valence-corrected chi connectivity index (χ3v) is 2.04. The Morgan fingerprint density at radius 3 is 2.23 bits per heavy atom. The molecule has 13 heavy (non-hydrogen) atoms. The van der Waals surface area contributed by atoms with Gasteiger partial charge < -0.3 is 9.47 Å². The van der Waals surface area contributed by atoms with Crippen molar-refractivity contribution in [3.05, 3.63) is 0 Å². The van der Waals surface area contributed by atoms with Gasteiger partial charge in [0, 0.05) is 6.61 Å².